The predicted molar refractivity (Wildman–Crippen MR) is 84.7 cm³/mol. The fourth-order valence-corrected chi connectivity index (χ4v) is 3.10. The van der Waals surface area contributed by atoms with Gasteiger partial charge in [-0.1, -0.05) is 24.3 Å². The van der Waals surface area contributed by atoms with E-state index < -0.39 is 0 Å². The fraction of sp³-hybridized carbons (Fsp3) is 0.267. The van der Waals surface area contributed by atoms with Gasteiger partial charge in [-0.15, -0.1) is 0 Å². The molecular weight excluding hydrogens is 284 g/mol. The lowest BCUT2D eigenvalue weighted by Crippen LogP contribution is -2.08. The maximum atomic E-state index is 11.5. The number of hydrogen-bond donors (Lipinski definition) is 1. The van der Waals surface area contributed by atoms with Crippen LogP contribution in [0.15, 0.2) is 24.5 Å². The molecule has 0 fully saturated rings. The highest BCUT2D eigenvalue weighted by Gasteiger charge is 2.14. The molecule has 0 unspecified atom stereocenters. The molecule has 0 saturated heterocycles. The Hall–Kier alpha value is -2.21. The van der Waals surface area contributed by atoms with E-state index in [1.165, 1.54) is 11.3 Å². The smallest absolute Gasteiger partial charge is 0.225 e. The van der Waals surface area contributed by atoms with Crippen LogP contribution in [0.5, 0.6) is 0 Å². The number of anilines is 1. The molecule has 0 bridgehead atoms. The first-order valence-corrected chi connectivity index (χ1v) is 7.62. The van der Waals surface area contributed by atoms with Crippen molar-refractivity contribution in [3.8, 4) is 10.6 Å². The molecule has 1 N–H and O–H groups in total. The number of aromatic nitrogens is 3. The summed E-state index contributed by atoms with van der Waals surface area (Å²) in [7, 11) is 0. The lowest BCUT2D eigenvalue weighted by atomic mass is 10.3. The molecule has 0 atom stereocenters. The van der Waals surface area contributed by atoms with Crippen LogP contribution < -0.4 is 5.32 Å². The lowest BCUT2D eigenvalue weighted by molar-refractivity contribution is -0.115. The maximum absolute atomic E-state index is 11.5. The quantitative estimate of drug-likeness (QED) is 0.806. The summed E-state index contributed by atoms with van der Waals surface area (Å²) in [6.45, 7) is 5.80. The van der Waals surface area contributed by atoms with Crippen LogP contribution in [0.2, 0.25) is 0 Å². The topological polar surface area (TPSA) is 59.3 Å². The van der Waals surface area contributed by atoms with Gasteiger partial charge in [-0.3, -0.25) is 4.79 Å². The number of aryl methyl sites for hydroxylation is 2. The molecule has 0 spiro atoms. The van der Waals surface area contributed by atoms with Crippen molar-refractivity contribution in [1.82, 2.24) is 14.4 Å². The molecule has 0 aliphatic rings. The molecule has 5 nitrogen and oxygen atoms in total. The second kappa shape index (κ2) is 5.29. The number of fused-ring (bicyclic) bond motifs is 1. The molecule has 3 heterocycles. The van der Waals surface area contributed by atoms with Gasteiger partial charge in [0.15, 0.2) is 5.13 Å². The fourth-order valence-electron chi connectivity index (χ4n) is 2.16. The number of carbonyl (C=O) groups is 1. The molecule has 0 radical (unpaired) electrons. The number of pyridine rings is 1. The summed E-state index contributed by atoms with van der Waals surface area (Å²) < 4.78 is 2.01. The van der Waals surface area contributed by atoms with Gasteiger partial charge < -0.3 is 9.72 Å². The third kappa shape index (κ3) is 2.54. The third-order valence-electron chi connectivity index (χ3n) is 3.27. The van der Waals surface area contributed by atoms with Gasteiger partial charge in [0.1, 0.15) is 11.3 Å². The number of rotatable bonds is 3. The van der Waals surface area contributed by atoms with Gasteiger partial charge in [-0.05, 0) is 25.5 Å². The summed E-state index contributed by atoms with van der Waals surface area (Å²) in [5.74, 6) is -0.0267. The number of carbonyl (C=O) groups excluding carboxylic acids is 1. The number of hydrogen-bond acceptors (Lipinski definition) is 4. The molecule has 3 aromatic heterocycles. The van der Waals surface area contributed by atoms with Gasteiger partial charge in [0.25, 0.3) is 0 Å². The van der Waals surface area contributed by atoms with Gasteiger partial charge in [-0.2, -0.15) is 0 Å². The molecule has 0 aliphatic heterocycles. The normalized spacial score (nSPS) is 11.0. The molecule has 3 rings (SSSR count). The molecular formula is C15H16N4OS. The van der Waals surface area contributed by atoms with Crippen molar-refractivity contribution in [3.05, 3.63) is 35.8 Å². The third-order valence-corrected chi connectivity index (χ3v) is 4.37. The summed E-state index contributed by atoms with van der Waals surface area (Å²) in [6.07, 6.45) is 4.42. The minimum Gasteiger partial charge on any atom is -0.306 e. The largest absolute Gasteiger partial charge is 0.306 e. The van der Waals surface area contributed by atoms with Crippen LogP contribution in [0, 0.1) is 13.8 Å². The van der Waals surface area contributed by atoms with E-state index in [1.54, 1.807) is 0 Å². The zero-order valence-electron chi connectivity index (χ0n) is 12.2. The zero-order valence-corrected chi connectivity index (χ0v) is 13.0. The Morgan fingerprint density at radius 3 is 2.90 bits per heavy atom. The van der Waals surface area contributed by atoms with Crippen LogP contribution in [-0.4, -0.2) is 20.3 Å². The van der Waals surface area contributed by atoms with Gasteiger partial charge >= 0.3 is 0 Å². The van der Waals surface area contributed by atoms with Crippen molar-refractivity contribution < 1.29 is 4.79 Å². The molecule has 1 amide bonds. The average Bonchev–Trinajstić information content (AvgIpc) is 3.03. The summed E-state index contributed by atoms with van der Waals surface area (Å²) in [4.78, 5) is 21.5. The highest BCUT2D eigenvalue weighted by Crippen LogP contribution is 2.32. The van der Waals surface area contributed by atoms with Crippen LogP contribution in [0.25, 0.3) is 16.2 Å². The number of amides is 1. The van der Waals surface area contributed by atoms with Crippen LogP contribution in [-0.2, 0) is 4.79 Å². The minimum absolute atomic E-state index is 0.0267. The first kappa shape index (κ1) is 13.8. The van der Waals surface area contributed by atoms with Gasteiger partial charge in [0.05, 0.1) is 10.6 Å². The Labute approximate surface area is 126 Å². The number of thiazole rings is 1. The van der Waals surface area contributed by atoms with E-state index in [0.717, 1.165) is 27.5 Å². The number of nitrogens with zero attached hydrogens (tertiary/aromatic N) is 3. The van der Waals surface area contributed by atoms with Gasteiger partial charge in [0, 0.05) is 18.8 Å². The second-order valence-corrected chi connectivity index (χ2v) is 5.88. The van der Waals surface area contributed by atoms with Crippen molar-refractivity contribution in [2.45, 2.75) is 27.2 Å². The summed E-state index contributed by atoms with van der Waals surface area (Å²) in [6, 6.07) is 4.04. The Balaban J connectivity index is 2.02. The molecule has 3 aromatic rings. The van der Waals surface area contributed by atoms with Crippen molar-refractivity contribution in [2.24, 2.45) is 0 Å². The summed E-state index contributed by atoms with van der Waals surface area (Å²) in [5, 5.41) is 3.43. The molecule has 0 aromatic carbocycles. The Morgan fingerprint density at radius 1 is 1.38 bits per heavy atom. The van der Waals surface area contributed by atoms with E-state index >= 15 is 0 Å². The standard InChI is InChI=1S/C15H16N4OS/c1-4-12(20)18-15-16-10(3)13(21-15)11-8-19-7-5-6-9(2)14(19)17-11/h5-8H,4H2,1-3H3,(H,16,18,20). The van der Waals surface area contributed by atoms with Gasteiger partial charge in [0.2, 0.25) is 5.91 Å². The Kier molecular flexibility index (Phi) is 3.47. The van der Waals surface area contributed by atoms with E-state index in [0.29, 0.717) is 11.6 Å². The van der Waals surface area contributed by atoms with Crippen molar-refractivity contribution in [1.29, 1.82) is 0 Å². The first-order valence-electron chi connectivity index (χ1n) is 6.80. The average molecular weight is 300 g/mol. The highest BCUT2D eigenvalue weighted by atomic mass is 32.1. The van der Waals surface area contributed by atoms with Crippen LogP contribution >= 0.6 is 11.3 Å². The molecule has 21 heavy (non-hydrogen) atoms. The minimum atomic E-state index is -0.0267. The van der Waals surface area contributed by atoms with Crippen LogP contribution in [0.4, 0.5) is 5.13 Å². The van der Waals surface area contributed by atoms with Gasteiger partial charge in [-0.25, -0.2) is 9.97 Å². The monoisotopic (exact) mass is 300 g/mol. The number of imidazole rings is 1. The lowest BCUT2D eigenvalue weighted by Gasteiger charge is -1.95. The van der Waals surface area contributed by atoms with Crippen molar-refractivity contribution in [3.63, 3.8) is 0 Å². The zero-order chi connectivity index (χ0) is 15.0. The SMILES string of the molecule is CCC(=O)Nc1nc(C)c(-c2cn3cccc(C)c3n2)s1. The second-order valence-electron chi connectivity index (χ2n) is 4.88. The van der Waals surface area contributed by atoms with E-state index in [4.69, 9.17) is 0 Å². The van der Waals surface area contributed by atoms with E-state index in [2.05, 4.69) is 15.3 Å². The Bertz CT molecular complexity index is 818. The predicted octanol–water partition coefficient (Wildman–Crippen LogP) is 3.42. The molecule has 0 aliphatic carbocycles. The van der Waals surface area contributed by atoms with E-state index in [9.17, 15) is 4.79 Å². The number of nitrogens with one attached hydrogen (secondary N) is 1. The van der Waals surface area contributed by atoms with Crippen LogP contribution in [0.3, 0.4) is 0 Å². The molecule has 0 saturated carbocycles. The van der Waals surface area contributed by atoms with Crippen molar-refractivity contribution in [2.75, 3.05) is 5.32 Å². The maximum Gasteiger partial charge on any atom is 0.225 e. The summed E-state index contributed by atoms with van der Waals surface area (Å²) >= 11 is 1.46. The van der Waals surface area contributed by atoms with E-state index in [-0.39, 0.29) is 5.91 Å². The Morgan fingerprint density at radius 2 is 2.19 bits per heavy atom. The highest BCUT2D eigenvalue weighted by molar-refractivity contribution is 7.19. The molecule has 6 heteroatoms. The molecule has 108 valence electrons. The van der Waals surface area contributed by atoms with E-state index in [1.807, 2.05) is 49.7 Å². The van der Waals surface area contributed by atoms with Crippen LogP contribution in [0.1, 0.15) is 24.6 Å². The van der Waals surface area contributed by atoms with Crippen molar-refractivity contribution >= 4 is 28.0 Å². The first-order chi connectivity index (χ1) is 10.1. The summed E-state index contributed by atoms with van der Waals surface area (Å²) in [5.41, 5.74) is 3.84.